The van der Waals surface area contributed by atoms with Crippen LogP contribution in [-0.4, -0.2) is 33.2 Å². The molecule has 2 amide bonds. The summed E-state index contributed by atoms with van der Waals surface area (Å²) in [6.07, 6.45) is 3.27. The van der Waals surface area contributed by atoms with Gasteiger partial charge in [-0.3, -0.25) is 14.4 Å². The van der Waals surface area contributed by atoms with Crippen molar-refractivity contribution in [2.45, 2.75) is 19.9 Å². The molecule has 8 heteroatoms. The molecule has 7 nitrogen and oxygen atoms in total. The van der Waals surface area contributed by atoms with Crippen LogP contribution in [0.5, 0.6) is 0 Å². The van der Waals surface area contributed by atoms with Crippen LogP contribution in [0.1, 0.15) is 39.7 Å². The summed E-state index contributed by atoms with van der Waals surface area (Å²) < 4.78 is 1.65. The van der Waals surface area contributed by atoms with Crippen LogP contribution in [0.3, 0.4) is 0 Å². The Morgan fingerprint density at radius 1 is 1.10 bits per heavy atom. The minimum atomic E-state index is -0.682. The Bertz CT molecular complexity index is 1010. The molecule has 2 aromatic heterocycles. The van der Waals surface area contributed by atoms with Gasteiger partial charge < -0.3 is 15.2 Å². The largest absolute Gasteiger partial charge is 0.339 e. The van der Waals surface area contributed by atoms with Crippen LogP contribution in [0.2, 0.25) is 0 Å². The Morgan fingerprint density at radius 2 is 1.83 bits per heavy atom. The lowest BCUT2D eigenvalue weighted by Crippen LogP contribution is -2.46. The second kappa shape index (κ2) is 8.83. The van der Waals surface area contributed by atoms with Crippen LogP contribution in [0.15, 0.2) is 54.2 Å². The lowest BCUT2D eigenvalue weighted by molar-refractivity contribution is -0.118. The van der Waals surface area contributed by atoms with E-state index < -0.39 is 6.04 Å². The highest BCUT2D eigenvalue weighted by molar-refractivity contribution is 7.12. The summed E-state index contributed by atoms with van der Waals surface area (Å²) in [5.74, 6) is -0.530. The van der Waals surface area contributed by atoms with Gasteiger partial charge in [0.05, 0.1) is 4.88 Å². The number of hydrogen-bond donors (Lipinski definition) is 2. The zero-order valence-corrected chi connectivity index (χ0v) is 17.2. The molecule has 0 spiro atoms. The second-order valence-electron chi connectivity index (χ2n) is 6.93. The number of thiophene rings is 1. The lowest BCUT2D eigenvalue weighted by Gasteiger charge is -2.21. The van der Waals surface area contributed by atoms with Crippen LogP contribution in [-0.2, 0) is 11.8 Å². The predicted molar refractivity (Wildman–Crippen MR) is 112 cm³/mol. The highest BCUT2D eigenvalue weighted by Crippen LogP contribution is 2.15. The van der Waals surface area contributed by atoms with E-state index in [9.17, 15) is 14.4 Å². The van der Waals surface area contributed by atoms with Gasteiger partial charge in [-0.15, -0.1) is 11.3 Å². The normalized spacial score (nSPS) is 11.9. The molecule has 1 atom stereocenters. The topological polar surface area (TPSA) is 93.1 Å². The summed E-state index contributed by atoms with van der Waals surface area (Å²) in [4.78, 5) is 42.1. The molecule has 150 valence electrons. The minimum absolute atomic E-state index is 0.0943. The molecule has 2 heterocycles. The number of rotatable bonds is 7. The summed E-state index contributed by atoms with van der Waals surface area (Å²) in [6.45, 7) is 3.74. The van der Waals surface area contributed by atoms with Gasteiger partial charge in [-0.1, -0.05) is 19.9 Å². The van der Waals surface area contributed by atoms with Gasteiger partial charge in [-0.05, 0) is 41.6 Å². The first kappa shape index (κ1) is 20.5. The average molecular weight is 410 g/mol. The molecule has 29 heavy (non-hydrogen) atoms. The lowest BCUT2D eigenvalue weighted by atomic mass is 10.0. The molecule has 3 rings (SSSR count). The molecule has 3 aromatic rings. The first-order chi connectivity index (χ1) is 13.9. The first-order valence-electron chi connectivity index (χ1n) is 9.14. The molecule has 0 aliphatic carbocycles. The Balaban J connectivity index is 1.67. The van der Waals surface area contributed by atoms with E-state index in [4.69, 9.17) is 0 Å². The summed E-state index contributed by atoms with van der Waals surface area (Å²) in [5, 5.41) is 7.40. The van der Waals surface area contributed by atoms with E-state index >= 15 is 0 Å². The number of carbonyl (C=O) groups excluding carboxylic acids is 3. The van der Waals surface area contributed by atoms with E-state index in [1.807, 2.05) is 19.2 Å². The monoisotopic (exact) mass is 410 g/mol. The third-order valence-corrected chi connectivity index (χ3v) is 5.29. The molecule has 1 aromatic carbocycles. The maximum absolute atomic E-state index is 12.7. The number of aryl methyl sites for hydroxylation is 1. The standard InChI is InChI=1S/C21H22N4O3S/c1-13(2)17(24-20(27)16-5-4-12-29-16)21(28)23-15-8-6-14(7-9-15)18(26)19-22-10-11-25(19)3/h4-13,17H,1-3H3,(H,23,28)(H,24,27). The molecule has 0 saturated heterocycles. The van der Waals surface area contributed by atoms with E-state index in [0.717, 1.165) is 0 Å². The number of aromatic nitrogens is 2. The van der Waals surface area contributed by atoms with E-state index in [1.54, 1.807) is 60.4 Å². The number of amides is 2. The number of nitrogens with one attached hydrogen (secondary N) is 2. The van der Waals surface area contributed by atoms with Crippen molar-refractivity contribution in [3.8, 4) is 0 Å². The highest BCUT2D eigenvalue weighted by atomic mass is 32.1. The number of ketones is 1. The van der Waals surface area contributed by atoms with Crippen molar-refractivity contribution in [3.63, 3.8) is 0 Å². The number of hydrogen-bond acceptors (Lipinski definition) is 5. The Kier molecular flexibility index (Phi) is 6.23. The highest BCUT2D eigenvalue weighted by Gasteiger charge is 2.25. The van der Waals surface area contributed by atoms with Crippen LogP contribution >= 0.6 is 11.3 Å². The van der Waals surface area contributed by atoms with Gasteiger partial charge in [0.1, 0.15) is 6.04 Å². The molecule has 1 unspecified atom stereocenters. The SMILES string of the molecule is CC(C)C(NC(=O)c1cccs1)C(=O)Nc1ccc(C(=O)c2nccn2C)cc1. The van der Waals surface area contributed by atoms with Gasteiger partial charge in [0, 0.05) is 30.7 Å². The van der Waals surface area contributed by atoms with Gasteiger partial charge in [-0.2, -0.15) is 0 Å². The fourth-order valence-corrected chi connectivity index (χ4v) is 3.42. The van der Waals surface area contributed by atoms with Gasteiger partial charge in [0.15, 0.2) is 5.82 Å². The molecule has 0 bridgehead atoms. The molecular weight excluding hydrogens is 388 g/mol. The van der Waals surface area contributed by atoms with Crippen LogP contribution < -0.4 is 10.6 Å². The van der Waals surface area contributed by atoms with Crippen molar-refractivity contribution in [1.82, 2.24) is 14.9 Å². The molecule has 0 saturated carbocycles. The third-order valence-electron chi connectivity index (χ3n) is 4.42. The molecular formula is C21H22N4O3S. The van der Waals surface area contributed by atoms with Crippen molar-refractivity contribution in [3.05, 3.63) is 70.4 Å². The predicted octanol–water partition coefficient (Wildman–Crippen LogP) is 3.11. The zero-order chi connectivity index (χ0) is 21.0. The maximum Gasteiger partial charge on any atom is 0.262 e. The number of nitrogens with zero attached hydrogens (tertiary/aromatic N) is 2. The Morgan fingerprint density at radius 3 is 2.38 bits per heavy atom. The number of anilines is 1. The summed E-state index contributed by atoms with van der Waals surface area (Å²) in [7, 11) is 1.76. The third kappa shape index (κ3) is 4.78. The van der Waals surface area contributed by atoms with E-state index in [0.29, 0.717) is 22.0 Å². The quantitative estimate of drug-likeness (QED) is 0.586. The number of imidazole rings is 1. The van der Waals surface area contributed by atoms with Crippen LogP contribution in [0.25, 0.3) is 0 Å². The van der Waals surface area contributed by atoms with Crippen molar-refractivity contribution in [1.29, 1.82) is 0 Å². The van der Waals surface area contributed by atoms with Gasteiger partial charge in [0.2, 0.25) is 11.7 Å². The summed E-state index contributed by atoms with van der Waals surface area (Å²) in [5.41, 5.74) is 1.02. The summed E-state index contributed by atoms with van der Waals surface area (Å²) in [6, 6.07) is 9.42. The van der Waals surface area contributed by atoms with Crippen molar-refractivity contribution in [2.75, 3.05) is 5.32 Å². The van der Waals surface area contributed by atoms with Crippen molar-refractivity contribution >= 4 is 34.6 Å². The van der Waals surface area contributed by atoms with Crippen LogP contribution in [0.4, 0.5) is 5.69 Å². The first-order valence-corrected chi connectivity index (χ1v) is 10.0. The summed E-state index contributed by atoms with van der Waals surface area (Å²) >= 11 is 1.32. The Labute approximate surface area is 172 Å². The fraction of sp³-hybridized carbons (Fsp3) is 0.238. The van der Waals surface area contributed by atoms with Gasteiger partial charge in [0.25, 0.3) is 5.91 Å². The minimum Gasteiger partial charge on any atom is -0.339 e. The van der Waals surface area contributed by atoms with Crippen molar-refractivity contribution in [2.24, 2.45) is 13.0 Å². The van der Waals surface area contributed by atoms with E-state index in [2.05, 4.69) is 15.6 Å². The molecule has 2 N–H and O–H groups in total. The number of benzene rings is 1. The molecule has 0 radical (unpaired) electrons. The van der Waals surface area contributed by atoms with Crippen LogP contribution in [0, 0.1) is 5.92 Å². The molecule has 0 aliphatic heterocycles. The maximum atomic E-state index is 12.7. The Hall–Kier alpha value is -3.26. The molecule has 0 aliphatic rings. The fourth-order valence-electron chi connectivity index (χ4n) is 2.79. The van der Waals surface area contributed by atoms with Gasteiger partial charge in [-0.25, -0.2) is 4.98 Å². The zero-order valence-electron chi connectivity index (χ0n) is 16.4. The second-order valence-corrected chi connectivity index (χ2v) is 7.88. The van der Waals surface area contributed by atoms with Gasteiger partial charge >= 0.3 is 0 Å². The van der Waals surface area contributed by atoms with E-state index in [-0.39, 0.29) is 23.5 Å². The number of carbonyl (C=O) groups is 3. The van der Waals surface area contributed by atoms with Crippen molar-refractivity contribution < 1.29 is 14.4 Å². The van der Waals surface area contributed by atoms with E-state index in [1.165, 1.54) is 11.3 Å². The molecule has 0 fully saturated rings. The smallest absolute Gasteiger partial charge is 0.262 e. The average Bonchev–Trinajstić information content (AvgIpc) is 3.37.